The van der Waals surface area contributed by atoms with Gasteiger partial charge in [0.15, 0.2) is 0 Å². The highest BCUT2D eigenvalue weighted by atomic mass is 35.5. The van der Waals surface area contributed by atoms with Gasteiger partial charge in [0.25, 0.3) is 0 Å². The number of hydrogen-bond donors (Lipinski definition) is 2. The molecule has 0 bridgehead atoms. The van der Waals surface area contributed by atoms with Crippen LogP contribution in [0.2, 0.25) is 5.02 Å². The van der Waals surface area contributed by atoms with Crippen LogP contribution in [0.5, 0.6) is 0 Å². The summed E-state index contributed by atoms with van der Waals surface area (Å²) >= 11 is 6.22. The second-order valence-electron chi connectivity index (χ2n) is 5.27. The van der Waals surface area contributed by atoms with Gasteiger partial charge in [0.2, 0.25) is 0 Å². The van der Waals surface area contributed by atoms with Gasteiger partial charge < -0.3 is 15.4 Å². The van der Waals surface area contributed by atoms with Gasteiger partial charge in [-0.05, 0) is 31.9 Å². The standard InChI is InChI=1S/C15H23ClN2O/c1-11(9-13-10-19-8-7-17-13)18-12(2)14-5-3-4-6-15(14)16/h3-6,11-13,17-18H,7-10H2,1-2H3/t11?,12-,13?/m0/s1. The van der Waals surface area contributed by atoms with Crippen LogP contribution in [-0.2, 0) is 4.74 Å². The molecule has 1 fully saturated rings. The maximum atomic E-state index is 6.22. The zero-order chi connectivity index (χ0) is 13.7. The van der Waals surface area contributed by atoms with Crippen LogP contribution in [-0.4, -0.2) is 31.8 Å². The van der Waals surface area contributed by atoms with Crippen molar-refractivity contribution >= 4 is 11.6 Å². The maximum absolute atomic E-state index is 6.22. The number of ether oxygens (including phenoxy) is 1. The zero-order valence-electron chi connectivity index (χ0n) is 11.7. The van der Waals surface area contributed by atoms with Crippen LogP contribution >= 0.6 is 11.6 Å². The summed E-state index contributed by atoms with van der Waals surface area (Å²) in [6, 6.07) is 9.14. The van der Waals surface area contributed by atoms with Crippen molar-refractivity contribution in [1.82, 2.24) is 10.6 Å². The van der Waals surface area contributed by atoms with E-state index in [4.69, 9.17) is 16.3 Å². The third-order valence-electron chi connectivity index (χ3n) is 3.54. The molecule has 2 rings (SSSR count). The van der Waals surface area contributed by atoms with Crippen LogP contribution in [0.3, 0.4) is 0 Å². The fourth-order valence-corrected chi connectivity index (χ4v) is 2.91. The topological polar surface area (TPSA) is 33.3 Å². The maximum Gasteiger partial charge on any atom is 0.0620 e. The predicted octanol–water partition coefficient (Wildman–Crippen LogP) is 2.76. The Kier molecular flexibility index (Phi) is 5.64. The lowest BCUT2D eigenvalue weighted by atomic mass is 10.0. The Hall–Kier alpha value is -0.610. The minimum absolute atomic E-state index is 0.258. The van der Waals surface area contributed by atoms with Crippen LogP contribution in [0.4, 0.5) is 0 Å². The van der Waals surface area contributed by atoms with E-state index in [2.05, 4.69) is 30.5 Å². The van der Waals surface area contributed by atoms with E-state index in [0.717, 1.165) is 36.8 Å². The smallest absolute Gasteiger partial charge is 0.0620 e. The largest absolute Gasteiger partial charge is 0.379 e. The molecule has 2 unspecified atom stereocenters. The first-order valence-corrected chi connectivity index (χ1v) is 7.36. The minimum atomic E-state index is 0.258. The van der Waals surface area contributed by atoms with E-state index in [0.29, 0.717) is 12.1 Å². The molecule has 0 aliphatic carbocycles. The summed E-state index contributed by atoms with van der Waals surface area (Å²) in [6.07, 6.45) is 1.06. The highest BCUT2D eigenvalue weighted by molar-refractivity contribution is 6.31. The molecular formula is C15H23ClN2O. The van der Waals surface area contributed by atoms with Crippen LogP contribution in [0.15, 0.2) is 24.3 Å². The highest BCUT2D eigenvalue weighted by Crippen LogP contribution is 2.22. The van der Waals surface area contributed by atoms with Gasteiger partial charge in [-0.1, -0.05) is 29.8 Å². The Morgan fingerprint density at radius 2 is 2.21 bits per heavy atom. The van der Waals surface area contributed by atoms with Crippen molar-refractivity contribution in [3.05, 3.63) is 34.9 Å². The summed E-state index contributed by atoms with van der Waals surface area (Å²) in [6.45, 7) is 6.96. The zero-order valence-corrected chi connectivity index (χ0v) is 12.4. The number of nitrogens with one attached hydrogen (secondary N) is 2. The predicted molar refractivity (Wildman–Crippen MR) is 79.7 cm³/mol. The monoisotopic (exact) mass is 282 g/mol. The molecule has 1 aromatic carbocycles. The summed E-state index contributed by atoms with van der Waals surface area (Å²) in [4.78, 5) is 0. The summed E-state index contributed by atoms with van der Waals surface area (Å²) < 4.78 is 5.48. The van der Waals surface area contributed by atoms with E-state index in [-0.39, 0.29) is 6.04 Å². The number of rotatable bonds is 5. The van der Waals surface area contributed by atoms with Crippen LogP contribution in [0, 0.1) is 0 Å². The minimum Gasteiger partial charge on any atom is -0.379 e. The fraction of sp³-hybridized carbons (Fsp3) is 0.600. The quantitative estimate of drug-likeness (QED) is 0.871. The van der Waals surface area contributed by atoms with Crippen molar-refractivity contribution in [2.24, 2.45) is 0 Å². The Balaban J connectivity index is 1.84. The van der Waals surface area contributed by atoms with Crippen molar-refractivity contribution in [1.29, 1.82) is 0 Å². The number of hydrogen-bond acceptors (Lipinski definition) is 3. The summed E-state index contributed by atoms with van der Waals surface area (Å²) in [5.41, 5.74) is 1.16. The van der Waals surface area contributed by atoms with Gasteiger partial charge in [0, 0.05) is 29.7 Å². The first kappa shape index (κ1) is 14.8. The molecular weight excluding hydrogens is 260 g/mol. The molecule has 1 saturated heterocycles. The molecule has 0 radical (unpaired) electrons. The van der Waals surface area contributed by atoms with E-state index < -0.39 is 0 Å². The normalized spacial score (nSPS) is 23.0. The molecule has 3 nitrogen and oxygen atoms in total. The van der Waals surface area contributed by atoms with E-state index in [9.17, 15) is 0 Å². The van der Waals surface area contributed by atoms with Crippen molar-refractivity contribution < 1.29 is 4.74 Å². The van der Waals surface area contributed by atoms with E-state index in [1.807, 2.05) is 18.2 Å². The molecule has 1 aliphatic heterocycles. The van der Waals surface area contributed by atoms with Crippen LogP contribution in [0.1, 0.15) is 31.9 Å². The summed E-state index contributed by atoms with van der Waals surface area (Å²) in [5, 5.41) is 7.92. The van der Waals surface area contributed by atoms with Gasteiger partial charge in [-0.3, -0.25) is 0 Å². The van der Waals surface area contributed by atoms with Gasteiger partial charge in [0.1, 0.15) is 0 Å². The molecule has 4 heteroatoms. The average molecular weight is 283 g/mol. The second kappa shape index (κ2) is 7.25. The third kappa shape index (κ3) is 4.46. The van der Waals surface area contributed by atoms with Gasteiger partial charge in [-0.2, -0.15) is 0 Å². The molecule has 0 spiro atoms. The van der Waals surface area contributed by atoms with E-state index >= 15 is 0 Å². The Bertz CT molecular complexity index is 393. The lowest BCUT2D eigenvalue weighted by Gasteiger charge is -2.28. The molecule has 3 atom stereocenters. The number of morpholine rings is 1. The first-order chi connectivity index (χ1) is 9.16. The number of benzene rings is 1. The lowest BCUT2D eigenvalue weighted by molar-refractivity contribution is 0.0708. The Morgan fingerprint density at radius 1 is 1.42 bits per heavy atom. The molecule has 0 saturated carbocycles. The van der Waals surface area contributed by atoms with Gasteiger partial charge in [-0.25, -0.2) is 0 Å². The third-order valence-corrected chi connectivity index (χ3v) is 3.89. The van der Waals surface area contributed by atoms with Gasteiger partial charge >= 0.3 is 0 Å². The van der Waals surface area contributed by atoms with E-state index in [1.165, 1.54) is 0 Å². The Labute approximate surface area is 120 Å². The molecule has 19 heavy (non-hydrogen) atoms. The molecule has 1 aliphatic rings. The SMILES string of the molecule is CC(CC1COCCN1)N[C@@H](C)c1ccccc1Cl. The van der Waals surface area contributed by atoms with Crippen LogP contribution in [0.25, 0.3) is 0 Å². The molecule has 0 amide bonds. The molecule has 1 heterocycles. The molecule has 2 N–H and O–H groups in total. The summed E-state index contributed by atoms with van der Waals surface area (Å²) in [7, 11) is 0. The Morgan fingerprint density at radius 3 is 2.89 bits per heavy atom. The second-order valence-corrected chi connectivity index (χ2v) is 5.68. The first-order valence-electron chi connectivity index (χ1n) is 6.98. The molecule has 1 aromatic rings. The van der Waals surface area contributed by atoms with Crippen LogP contribution < -0.4 is 10.6 Å². The summed E-state index contributed by atoms with van der Waals surface area (Å²) in [5.74, 6) is 0. The van der Waals surface area contributed by atoms with Crippen molar-refractivity contribution in [3.8, 4) is 0 Å². The van der Waals surface area contributed by atoms with Crippen molar-refractivity contribution in [3.63, 3.8) is 0 Å². The highest BCUT2D eigenvalue weighted by Gasteiger charge is 2.18. The number of halogens is 1. The molecule has 0 aromatic heterocycles. The lowest BCUT2D eigenvalue weighted by Crippen LogP contribution is -2.45. The van der Waals surface area contributed by atoms with Gasteiger partial charge in [0.05, 0.1) is 13.2 Å². The van der Waals surface area contributed by atoms with E-state index in [1.54, 1.807) is 0 Å². The van der Waals surface area contributed by atoms with Gasteiger partial charge in [-0.15, -0.1) is 0 Å². The van der Waals surface area contributed by atoms with Crippen molar-refractivity contribution in [2.75, 3.05) is 19.8 Å². The van der Waals surface area contributed by atoms with Crippen molar-refractivity contribution in [2.45, 2.75) is 38.4 Å². The fourth-order valence-electron chi connectivity index (χ4n) is 2.61. The molecule has 106 valence electrons. The average Bonchev–Trinajstić information content (AvgIpc) is 2.40.